The van der Waals surface area contributed by atoms with E-state index in [1.807, 2.05) is 30.3 Å². The molecule has 0 unspecified atom stereocenters. The predicted octanol–water partition coefficient (Wildman–Crippen LogP) is 3.78. The number of rotatable bonds is 5. The molecule has 0 N–H and O–H groups in total. The lowest BCUT2D eigenvalue weighted by atomic mass is 10.1. The maximum atomic E-state index is 13.5. The van der Waals surface area contributed by atoms with Crippen molar-refractivity contribution in [3.8, 4) is 0 Å². The van der Waals surface area contributed by atoms with Gasteiger partial charge >= 0.3 is 6.09 Å². The van der Waals surface area contributed by atoms with Gasteiger partial charge in [0.05, 0.1) is 21.9 Å². The first-order valence-electron chi connectivity index (χ1n) is 10.2. The van der Waals surface area contributed by atoms with Crippen LogP contribution in [-0.4, -0.2) is 52.7 Å². The first kappa shape index (κ1) is 22.5. The highest BCUT2D eigenvalue weighted by molar-refractivity contribution is 9.10. The first-order chi connectivity index (χ1) is 15.3. The number of piperidine rings is 1. The molecule has 2 aromatic carbocycles. The number of likely N-dealkylation sites (tertiary alicyclic amines) is 1. The van der Waals surface area contributed by atoms with E-state index in [0.29, 0.717) is 5.69 Å². The van der Waals surface area contributed by atoms with Crippen LogP contribution in [0.3, 0.4) is 0 Å². The van der Waals surface area contributed by atoms with Crippen LogP contribution in [0.4, 0.5) is 4.79 Å². The third kappa shape index (κ3) is 4.86. The fourth-order valence-corrected chi connectivity index (χ4v) is 6.00. The van der Waals surface area contributed by atoms with Gasteiger partial charge in [-0.25, -0.2) is 17.9 Å². The monoisotopic (exact) mass is 518 g/mol. The molecular weight excluding hydrogens is 496 g/mol. The van der Waals surface area contributed by atoms with Crippen molar-refractivity contribution in [1.29, 1.82) is 0 Å². The molecule has 1 fully saturated rings. The number of ether oxygens (including phenoxy) is 1. The van der Waals surface area contributed by atoms with Gasteiger partial charge in [-0.2, -0.15) is 0 Å². The van der Waals surface area contributed by atoms with Crippen LogP contribution in [0, 0.1) is 6.92 Å². The summed E-state index contributed by atoms with van der Waals surface area (Å²) in [6.07, 6.45) is 1.49. The Labute approximate surface area is 195 Å². The maximum absolute atomic E-state index is 13.5. The number of halogens is 1. The molecule has 3 aromatic rings. The Balaban J connectivity index is 1.55. The molecule has 2 heterocycles. The first-order valence-corrected chi connectivity index (χ1v) is 12.5. The molecule has 1 saturated heterocycles. The summed E-state index contributed by atoms with van der Waals surface area (Å²) in [6.45, 7) is 2.38. The SMILES string of the molecule is Cc1cn([C@@H]2CN(C(=O)OCc3ccccc3)CC[C@H]2S(=O)(=O)c2ccc(Br)cc2)nn1. The molecule has 4 rings (SSSR count). The van der Waals surface area contributed by atoms with Crippen molar-refractivity contribution in [2.75, 3.05) is 13.1 Å². The van der Waals surface area contributed by atoms with Gasteiger partial charge in [0.15, 0.2) is 9.84 Å². The molecule has 1 aliphatic rings. The molecule has 1 aromatic heterocycles. The van der Waals surface area contributed by atoms with Gasteiger partial charge in [0.2, 0.25) is 0 Å². The molecule has 0 radical (unpaired) electrons. The molecule has 0 aliphatic carbocycles. The minimum Gasteiger partial charge on any atom is -0.445 e. The van der Waals surface area contributed by atoms with Crippen LogP contribution in [0.5, 0.6) is 0 Å². The summed E-state index contributed by atoms with van der Waals surface area (Å²) >= 11 is 3.34. The highest BCUT2D eigenvalue weighted by Crippen LogP contribution is 2.32. The van der Waals surface area contributed by atoms with E-state index in [0.717, 1.165) is 10.0 Å². The number of hydrogen-bond acceptors (Lipinski definition) is 6. The van der Waals surface area contributed by atoms with Gasteiger partial charge in [0, 0.05) is 23.8 Å². The molecule has 10 heteroatoms. The molecule has 1 aliphatic heterocycles. The second-order valence-electron chi connectivity index (χ2n) is 7.72. The number of carbonyl (C=O) groups is 1. The van der Waals surface area contributed by atoms with Gasteiger partial charge in [-0.3, -0.25) is 0 Å². The minimum atomic E-state index is -3.66. The summed E-state index contributed by atoms with van der Waals surface area (Å²) in [5.74, 6) is 0. The Bertz CT molecular complexity index is 1180. The van der Waals surface area contributed by atoms with Crippen molar-refractivity contribution < 1.29 is 17.9 Å². The number of amides is 1. The summed E-state index contributed by atoms with van der Waals surface area (Å²) in [7, 11) is -3.66. The highest BCUT2D eigenvalue weighted by atomic mass is 79.9. The Kier molecular flexibility index (Phi) is 6.61. The Hall–Kier alpha value is -2.72. The van der Waals surface area contributed by atoms with Crippen LogP contribution in [0.2, 0.25) is 0 Å². The molecule has 168 valence electrons. The molecule has 32 heavy (non-hydrogen) atoms. The molecule has 0 bridgehead atoms. The van der Waals surface area contributed by atoms with Crippen molar-refractivity contribution in [2.45, 2.75) is 36.1 Å². The number of carbonyl (C=O) groups excluding carboxylic acids is 1. The lowest BCUT2D eigenvalue weighted by Crippen LogP contribution is -2.49. The van der Waals surface area contributed by atoms with Crippen LogP contribution in [0.15, 0.2) is 70.2 Å². The van der Waals surface area contributed by atoms with Gasteiger partial charge in [-0.05, 0) is 43.2 Å². The summed E-state index contributed by atoms with van der Waals surface area (Å²) in [4.78, 5) is 14.5. The Morgan fingerprint density at radius 3 is 2.53 bits per heavy atom. The minimum absolute atomic E-state index is 0.157. The maximum Gasteiger partial charge on any atom is 0.410 e. The van der Waals surface area contributed by atoms with E-state index in [1.165, 1.54) is 4.90 Å². The van der Waals surface area contributed by atoms with Crippen LogP contribution < -0.4 is 0 Å². The van der Waals surface area contributed by atoms with Crippen LogP contribution in [0.1, 0.15) is 23.7 Å². The third-order valence-corrected chi connectivity index (χ3v) is 8.29. The number of hydrogen-bond donors (Lipinski definition) is 0. The largest absolute Gasteiger partial charge is 0.445 e. The third-order valence-electron chi connectivity index (χ3n) is 5.49. The van der Waals surface area contributed by atoms with E-state index in [4.69, 9.17) is 4.74 Å². The topological polar surface area (TPSA) is 94.4 Å². The lowest BCUT2D eigenvalue weighted by molar-refractivity contribution is 0.0792. The average Bonchev–Trinajstić information content (AvgIpc) is 3.24. The van der Waals surface area contributed by atoms with Crippen molar-refractivity contribution in [2.24, 2.45) is 0 Å². The smallest absolute Gasteiger partial charge is 0.410 e. The summed E-state index contributed by atoms with van der Waals surface area (Å²) in [5.41, 5.74) is 1.56. The highest BCUT2D eigenvalue weighted by Gasteiger charge is 2.42. The number of nitrogens with zero attached hydrogens (tertiary/aromatic N) is 4. The average molecular weight is 519 g/mol. The standard InChI is InChI=1S/C22H23BrN4O4S/c1-16-13-27(25-24-16)20-14-26(22(28)31-15-17-5-3-2-4-6-17)12-11-21(20)32(29,30)19-9-7-18(23)8-10-19/h2-10,13,20-21H,11-12,14-15H2,1H3/t20-,21-/m1/s1. The normalized spacial score (nSPS) is 19.0. The van der Waals surface area contributed by atoms with Crippen molar-refractivity contribution >= 4 is 31.9 Å². The van der Waals surface area contributed by atoms with Gasteiger partial charge in [-0.15, -0.1) is 5.10 Å². The quantitative estimate of drug-likeness (QED) is 0.510. The Morgan fingerprint density at radius 2 is 1.88 bits per heavy atom. The van der Waals surface area contributed by atoms with Gasteiger partial charge in [0.1, 0.15) is 6.61 Å². The fourth-order valence-electron chi connectivity index (χ4n) is 3.83. The summed E-state index contributed by atoms with van der Waals surface area (Å²) in [6, 6.07) is 15.4. The summed E-state index contributed by atoms with van der Waals surface area (Å²) < 4.78 is 34.7. The van der Waals surface area contributed by atoms with E-state index in [-0.39, 0.29) is 31.0 Å². The zero-order chi connectivity index (χ0) is 22.7. The van der Waals surface area contributed by atoms with E-state index in [2.05, 4.69) is 26.2 Å². The van der Waals surface area contributed by atoms with E-state index < -0.39 is 27.2 Å². The van der Waals surface area contributed by atoms with Crippen molar-refractivity contribution in [3.05, 3.63) is 76.5 Å². The number of sulfone groups is 1. The van der Waals surface area contributed by atoms with Gasteiger partial charge in [0.25, 0.3) is 0 Å². The van der Waals surface area contributed by atoms with Crippen LogP contribution in [0.25, 0.3) is 0 Å². The van der Waals surface area contributed by atoms with Crippen LogP contribution in [-0.2, 0) is 21.2 Å². The van der Waals surface area contributed by atoms with Gasteiger partial charge in [-0.1, -0.05) is 51.5 Å². The number of benzene rings is 2. The van der Waals surface area contributed by atoms with E-state index >= 15 is 0 Å². The lowest BCUT2D eigenvalue weighted by Gasteiger charge is -2.37. The van der Waals surface area contributed by atoms with Crippen molar-refractivity contribution in [1.82, 2.24) is 19.9 Å². The number of aryl methyl sites for hydroxylation is 1. The summed E-state index contributed by atoms with van der Waals surface area (Å²) in [5, 5.41) is 7.38. The van der Waals surface area contributed by atoms with Gasteiger partial charge < -0.3 is 9.64 Å². The molecular formula is C22H23BrN4O4S. The van der Waals surface area contributed by atoms with E-state index in [1.54, 1.807) is 42.1 Å². The van der Waals surface area contributed by atoms with Crippen LogP contribution >= 0.6 is 15.9 Å². The van der Waals surface area contributed by atoms with Crippen molar-refractivity contribution in [3.63, 3.8) is 0 Å². The second-order valence-corrected chi connectivity index (χ2v) is 10.8. The molecule has 1 amide bonds. The predicted molar refractivity (Wildman–Crippen MR) is 122 cm³/mol. The molecule has 2 atom stereocenters. The second kappa shape index (κ2) is 9.41. The zero-order valence-corrected chi connectivity index (χ0v) is 19.9. The number of aromatic nitrogens is 3. The van der Waals surface area contributed by atoms with E-state index in [9.17, 15) is 13.2 Å². The fraction of sp³-hybridized carbons (Fsp3) is 0.318. The Morgan fingerprint density at radius 1 is 1.16 bits per heavy atom. The zero-order valence-electron chi connectivity index (χ0n) is 17.5. The molecule has 0 spiro atoms. The molecule has 8 nitrogen and oxygen atoms in total. The molecule has 0 saturated carbocycles.